The maximum Gasteiger partial charge on any atom is 0.419 e. The molecular formula is C23H24F4N6O. The SMILES string of the molecule is Cc1cc(C(=O)N2CCC[C@@H](C)[C@H]2CCc2ncc(C(F)(F)F)cn2)c(-n2nccn2)cc1F. The minimum absolute atomic E-state index is 0.167. The Labute approximate surface area is 193 Å². The summed E-state index contributed by atoms with van der Waals surface area (Å²) in [7, 11) is 0. The Morgan fingerprint density at radius 2 is 1.82 bits per heavy atom. The number of likely N-dealkylation sites (tertiary alicyclic amines) is 1. The van der Waals surface area contributed by atoms with Crippen LogP contribution >= 0.6 is 0 Å². The van der Waals surface area contributed by atoms with Crippen molar-refractivity contribution >= 4 is 5.91 Å². The van der Waals surface area contributed by atoms with Gasteiger partial charge in [0, 0.05) is 37.5 Å². The van der Waals surface area contributed by atoms with Crippen LogP contribution < -0.4 is 0 Å². The topological polar surface area (TPSA) is 76.8 Å². The highest BCUT2D eigenvalue weighted by atomic mass is 19.4. The third kappa shape index (κ3) is 4.92. The minimum Gasteiger partial charge on any atom is -0.335 e. The molecule has 1 saturated heterocycles. The number of hydrogen-bond donors (Lipinski definition) is 0. The predicted octanol–water partition coefficient (Wildman–Crippen LogP) is 4.40. The molecule has 0 aliphatic carbocycles. The van der Waals surface area contributed by atoms with Crippen LogP contribution in [0.2, 0.25) is 0 Å². The lowest BCUT2D eigenvalue weighted by Gasteiger charge is -2.40. The smallest absolute Gasteiger partial charge is 0.335 e. The Morgan fingerprint density at radius 1 is 1.15 bits per heavy atom. The molecule has 2 atom stereocenters. The number of hydrogen-bond acceptors (Lipinski definition) is 5. The average Bonchev–Trinajstić information content (AvgIpc) is 3.34. The fourth-order valence-electron chi connectivity index (χ4n) is 4.35. The van der Waals surface area contributed by atoms with E-state index in [-0.39, 0.29) is 29.4 Å². The van der Waals surface area contributed by atoms with Crippen LogP contribution in [0.1, 0.15) is 53.5 Å². The zero-order valence-electron chi connectivity index (χ0n) is 18.8. The number of amides is 1. The molecule has 0 radical (unpaired) electrons. The van der Waals surface area contributed by atoms with Gasteiger partial charge in [-0.15, -0.1) is 0 Å². The molecule has 4 rings (SSSR count). The summed E-state index contributed by atoms with van der Waals surface area (Å²) in [6.07, 6.45) is 2.51. The molecule has 180 valence electrons. The highest BCUT2D eigenvalue weighted by Gasteiger charge is 2.34. The fraction of sp³-hybridized carbons (Fsp3) is 0.435. The number of benzene rings is 1. The zero-order chi connectivity index (χ0) is 24.5. The number of aromatic nitrogens is 5. The van der Waals surface area contributed by atoms with E-state index in [2.05, 4.69) is 20.2 Å². The van der Waals surface area contributed by atoms with Gasteiger partial charge < -0.3 is 4.90 Å². The maximum absolute atomic E-state index is 14.3. The van der Waals surface area contributed by atoms with Crippen LogP contribution in [0.3, 0.4) is 0 Å². The Bertz CT molecular complexity index is 1150. The summed E-state index contributed by atoms with van der Waals surface area (Å²) in [4.78, 5) is 24.4. The van der Waals surface area contributed by atoms with Crippen molar-refractivity contribution in [2.75, 3.05) is 6.54 Å². The Morgan fingerprint density at radius 3 is 2.47 bits per heavy atom. The van der Waals surface area contributed by atoms with Crippen molar-refractivity contribution in [2.45, 2.75) is 51.7 Å². The summed E-state index contributed by atoms with van der Waals surface area (Å²) in [5, 5.41) is 8.10. The van der Waals surface area contributed by atoms with E-state index in [0.29, 0.717) is 30.5 Å². The van der Waals surface area contributed by atoms with Gasteiger partial charge in [0.1, 0.15) is 17.3 Å². The Balaban J connectivity index is 1.58. The van der Waals surface area contributed by atoms with Crippen LogP contribution in [0, 0.1) is 18.7 Å². The number of carbonyl (C=O) groups excluding carboxylic acids is 1. The second-order valence-corrected chi connectivity index (χ2v) is 8.55. The number of carbonyl (C=O) groups is 1. The predicted molar refractivity (Wildman–Crippen MR) is 115 cm³/mol. The molecule has 0 saturated carbocycles. The van der Waals surface area contributed by atoms with Crippen LogP contribution in [0.25, 0.3) is 5.69 Å². The molecular weight excluding hydrogens is 452 g/mol. The van der Waals surface area contributed by atoms with Gasteiger partial charge in [0.05, 0.1) is 23.5 Å². The lowest BCUT2D eigenvalue weighted by Crippen LogP contribution is -2.48. The molecule has 7 nitrogen and oxygen atoms in total. The molecule has 0 bridgehead atoms. The van der Waals surface area contributed by atoms with Gasteiger partial charge in [0.2, 0.25) is 0 Å². The van der Waals surface area contributed by atoms with E-state index >= 15 is 0 Å². The van der Waals surface area contributed by atoms with E-state index in [1.165, 1.54) is 29.3 Å². The first kappa shape index (κ1) is 23.8. The van der Waals surface area contributed by atoms with Crippen molar-refractivity contribution in [1.82, 2.24) is 29.9 Å². The highest BCUT2D eigenvalue weighted by molar-refractivity contribution is 5.98. The third-order valence-corrected chi connectivity index (χ3v) is 6.21. The fourth-order valence-corrected chi connectivity index (χ4v) is 4.35. The molecule has 3 aromatic rings. The molecule has 0 N–H and O–H groups in total. The van der Waals surface area contributed by atoms with Crippen LogP contribution in [0.4, 0.5) is 17.6 Å². The standard InChI is InChI=1S/C23H24F4N6O/c1-14-4-3-9-32(19(14)5-6-21-28-12-16(13-29-21)23(25,26)27)22(34)17-10-15(2)18(24)11-20(17)33-30-7-8-31-33/h7-8,10-14,19H,3-6,9H2,1-2H3/t14-,19-/m1/s1. The molecule has 0 spiro atoms. The first-order valence-electron chi connectivity index (χ1n) is 11.0. The van der Waals surface area contributed by atoms with Gasteiger partial charge >= 0.3 is 6.18 Å². The quantitative estimate of drug-likeness (QED) is 0.511. The van der Waals surface area contributed by atoms with Crippen molar-refractivity contribution in [1.29, 1.82) is 0 Å². The molecule has 2 aromatic heterocycles. The van der Waals surface area contributed by atoms with Crippen molar-refractivity contribution in [3.8, 4) is 5.69 Å². The van der Waals surface area contributed by atoms with E-state index in [1.54, 1.807) is 11.8 Å². The largest absolute Gasteiger partial charge is 0.419 e. The van der Waals surface area contributed by atoms with Gasteiger partial charge in [-0.05, 0) is 43.7 Å². The van der Waals surface area contributed by atoms with Gasteiger partial charge in [0.15, 0.2) is 0 Å². The lowest BCUT2D eigenvalue weighted by atomic mass is 9.87. The lowest BCUT2D eigenvalue weighted by molar-refractivity contribution is -0.138. The number of rotatable bonds is 5. The molecule has 3 heterocycles. The third-order valence-electron chi connectivity index (χ3n) is 6.21. The summed E-state index contributed by atoms with van der Waals surface area (Å²) in [6.45, 7) is 4.15. The molecule has 1 aromatic carbocycles. The Hall–Kier alpha value is -3.37. The number of aryl methyl sites for hydroxylation is 2. The number of piperidine rings is 1. The molecule has 1 aliphatic heterocycles. The van der Waals surface area contributed by atoms with Gasteiger partial charge in [-0.25, -0.2) is 14.4 Å². The molecule has 11 heteroatoms. The van der Waals surface area contributed by atoms with Gasteiger partial charge in [-0.1, -0.05) is 6.92 Å². The minimum atomic E-state index is -4.49. The number of halogens is 4. The normalized spacial score (nSPS) is 18.8. The van der Waals surface area contributed by atoms with Crippen molar-refractivity contribution in [3.63, 3.8) is 0 Å². The molecule has 1 fully saturated rings. The number of alkyl halides is 3. The summed E-state index contributed by atoms with van der Waals surface area (Å²) in [6, 6.07) is 2.59. The summed E-state index contributed by atoms with van der Waals surface area (Å²) in [5.41, 5.74) is -0.0225. The zero-order valence-corrected chi connectivity index (χ0v) is 18.8. The van der Waals surface area contributed by atoms with Crippen molar-refractivity contribution < 1.29 is 22.4 Å². The maximum atomic E-state index is 14.3. The van der Waals surface area contributed by atoms with Crippen LogP contribution in [-0.2, 0) is 12.6 Å². The molecule has 34 heavy (non-hydrogen) atoms. The summed E-state index contributed by atoms with van der Waals surface area (Å²) in [5.74, 6) is -0.274. The second kappa shape index (κ2) is 9.47. The number of nitrogens with zero attached hydrogens (tertiary/aromatic N) is 6. The first-order chi connectivity index (χ1) is 16.1. The highest BCUT2D eigenvalue weighted by Crippen LogP contribution is 2.31. The Kier molecular flexibility index (Phi) is 6.63. The van der Waals surface area contributed by atoms with Crippen LogP contribution in [-0.4, -0.2) is 48.4 Å². The molecule has 1 aliphatic rings. The van der Waals surface area contributed by atoms with Crippen LogP contribution in [0.5, 0.6) is 0 Å². The summed E-state index contributed by atoms with van der Waals surface area (Å²) >= 11 is 0. The van der Waals surface area contributed by atoms with E-state index in [4.69, 9.17) is 0 Å². The van der Waals surface area contributed by atoms with Crippen molar-refractivity contribution in [3.05, 3.63) is 65.3 Å². The van der Waals surface area contributed by atoms with Gasteiger partial charge in [-0.2, -0.15) is 28.2 Å². The van der Waals surface area contributed by atoms with E-state index < -0.39 is 17.6 Å². The average molecular weight is 476 g/mol. The van der Waals surface area contributed by atoms with E-state index in [9.17, 15) is 22.4 Å². The van der Waals surface area contributed by atoms with Crippen molar-refractivity contribution in [2.24, 2.45) is 5.92 Å². The monoisotopic (exact) mass is 476 g/mol. The van der Waals surface area contributed by atoms with E-state index in [1.807, 2.05) is 6.92 Å². The van der Waals surface area contributed by atoms with E-state index in [0.717, 1.165) is 25.2 Å². The molecule has 1 amide bonds. The van der Waals surface area contributed by atoms with Gasteiger partial charge in [0.25, 0.3) is 5.91 Å². The van der Waals surface area contributed by atoms with Gasteiger partial charge in [-0.3, -0.25) is 4.79 Å². The molecule has 0 unspecified atom stereocenters. The first-order valence-corrected chi connectivity index (χ1v) is 11.0. The second-order valence-electron chi connectivity index (χ2n) is 8.55. The van der Waals surface area contributed by atoms with Crippen LogP contribution in [0.15, 0.2) is 36.9 Å². The summed E-state index contributed by atoms with van der Waals surface area (Å²) < 4.78 is 52.7.